The minimum absolute atomic E-state index is 0.0581. The number of aromatic nitrogens is 2. The van der Waals surface area contributed by atoms with Crippen molar-refractivity contribution in [1.29, 1.82) is 0 Å². The van der Waals surface area contributed by atoms with Crippen LogP contribution in [0.5, 0.6) is 5.75 Å². The molecule has 0 spiro atoms. The smallest absolute Gasteiger partial charge is 0.251 e. The number of ether oxygens (including phenoxy) is 2. The van der Waals surface area contributed by atoms with Crippen molar-refractivity contribution in [3.63, 3.8) is 0 Å². The summed E-state index contributed by atoms with van der Waals surface area (Å²) in [4.78, 5) is 15.8. The predicted octanol–water partition coefficient (Wildman–Crippen LogP) is 5.56. The van der Waals surface area contributed by atoms with Crippen LogP contribution in [0.25, 0.3) is 17.2 Å². The first-order valence-electron chi connectivity index (χ1n) is 12.8. The first-order valence-corrected chi connectivity index (χ1v) is 12.8. The molecule has 196 valence electrons. The van der Waals surface area contributed by atoms with Crippen LogP contribution in [-0.4, -0.2) is 43.1 Å². The van der Waals surface area contributed by atoms with E-state index in [0.29, 0.717) is 30.9 Å². The van der Waals surface area contributed by atoms with Gasteiger partial charge in [-0.25, -0.2) is 4.39 Å². The van der Waals surface area contributed by atoms with Crippen molar-refractivity contribution < 1.29 is 13.9 Å². The molecule has 1 aliphatic heterocycles. The Kier molecular flexibility index (Phi) is 8.34. The number of nitrogens with zero attached hydrogens (tertiary/aromatic N) is 2. The third kappa shape index (κ3) is 6.05. The summed E-state index contributed by atoms with van der Waals surface area (Å²) in [5.74, 6) is 0.147. The van der Waals surface area contributed by atoms with Crippen molar-refractivity contribution in [2.45, 2.75) is 40.5 Å². The van der Waals surface area contributed by atoms with E-state index in [1.165, 1.54) is 13.2 Å². The van der Waals surface area contributed by atoms with Gasteiger partial charge in [-0.15, -0.1) is 0 Å². The first-order chi connectivity index (χ1) is 17.8. The number of aromatic amines is 1. The van der Waals surface area contributed by atoms with Crippen LogP contribution in [0.3, 0.4) is 0 Å². The van der Waals surface area contributed by atoms with Gasteiger partial charge in [0.05, 0.1) is 39.1 Å². The normalized spacial score (nSPS) is 14.8. The van der Waals surface area contributed by atoms with Gasteiger partial charge in [0.25, 0.3) is 5.56 Å². The largest absolute Gasteiger partial charge is 0.497 e. The predicted molar refractivity (Wildman–Crippen MR) is 147 cm³/mol. The molecule has 0 atom stereocenters. The summed E-state index contributed by atoms with van der Waals surface area (Å²) in [5, 5.41) is 2.21. The third-order valence-corrected chi connectivity index (χ3v) is 6.81. The number of allylic oxidation sites excluding steroid dienone is 3. The lowest BCUT2D eigenvalue weighted by atomic mass is 9.95. The van der Waals surface area contributed by atoms with Crippen molar-refractivity contribution in [3.8, 4) is 16.9 Å². The Labute approximate surface area is 218 Å². The van der Waals surface area contributed by atoms with Gasteiger partial charge in [-0.05, 0) is 68.7 Å². The lowest BCUT2D eigenvalue weighted by Gasteiger charge is -2.31. The standard InChI is InChI=1S/C30H36FN3O3/c1-6-7-20(2)23(17-28-21(3)14-22(4)32-30(28)35)15-25-16-24(19-34(25)33-10-12-37-13-11-33)27-9-8-26(36-5)18-29(27)31/h7-9,14-16,18-19H,6,10-13,17H2,1-5H3,(H,32,35)/b20-7+,23-15-. The monoisotopic (exact) mass is 505 g/mol. The topological polar surface area (TPSA) is 59.5 Å². The van der Waals surface area contributed by atoms with E-state index in [1.807, 2.05) is 32.2 Å². The summed E-state index contributed by atoms with van der Waals surface area (Å²) in [5.41, 5.74) is 6.90. The van der Waals surface area contributed by atoms with Crippen LogP contribution >= 0.6 is 0 Å². The van der Waals surface area contributed by atoms with Crippen molar-refractivity contribution in [2.24, 2.45) is 0 Å². The van der Waals surface area contributed by atoms with Crippen LogP contribution in [0.4, 0.5) is 4.39 Å². The molecular formula is C30H36FN3O3. The molecule has 1 fully saturated rings. The number of nitrogens with one attached hydrogen (secondary N) is 1. The van der Waals surface area contributed by atoms with Gasteiger partial charge < -0.3 is 19.5 Å². The number of hydrogen-bond donors (Lipinski definition) is 1. The molecule has 1 aromatic carbocycles. The molecule has 0 aliphatic carbocycles. The molecule has 1 aliphatic rings. The van der Waals surface area contributed by atoms with E-state index in [4.69, 9.17) is 9.47 Å². The number of pyridine rings is 1. The molecule has 0 saturated carbocycles. The van der Waals surface area contributed by atoms with Crippen LogP contribution < -0.4 is 15.3 Å². The summed E-state index contributed by atoms with van der Waals surface area (Å²) >= 11 is 0. The highest BCUT2D eigenvalue weighted by atomic mass is 19.1. The maximum Gasteiger partial charge on any atom is 0.251 e. The minimum Gasteiger partial charge on any atom is -0.497 e. The summed E-state index contributed by atoms with van der Waals surface area (Å²) in [7, 11) is 1.53. The fourth-order valence-electron chi connectivity index (χ4n) is 4.81. The fourth-order valence-corrected chi connectivity index (χ4v) is 4.81. The molecule has 2 aromatic heterocycles. The Balaban J connectivity index is 1.84. The van der Waals surface area contributed by atoms with Crippen LogP contribution in [0.2, 0.25) is 0 Å². The molecule has 7 heteroatoms. The second kappa shape index (κ2) is 11.6. The van der Waals surface area contributed by atoms with E-state index in [9.17, 15) is 4.79 Å². The lowest BCUT2D eigenvalue weighted by Crippen LogP contribution is -2.44. The van der Waals surface area contributed by atoms with Crippen molar-refractivity contribution in [3.05, 3.63) is 92.4 Å². The quantitative estimate of drug-likeness (QED) is 0.408. The lowest BCUT2D eigenvalue weighted by molar-refractivity contribution is 0.111. The fraction of sp³-hybridized carbons (Fsp3) is 0.367. The van der Waals surface area contributed by atoms with Crippen LogP contribution in [-0.2, 0) is 11.2 Å². The van der Waals surface area contributed by atoms with E-state index in [-0.39, 0.29) is 11.4 Å². The van der Waals surface area contributed by atoms with E-state index >= 15 is 4.39 Å². The van der Waals surface area contributed by atoms with Crippen molar-refractivity contribution in [1.82, 2.24) is 9.66 Å². The molecule has 4 rings (SSSR count). The van der Waals surface area contributed by atoms with Crippen LogP contribution in [0.15, 0.2) is 58.5 Å². The van der Waals surface area contributed by atoms with Gasteiger partial charge in [0.1, 0.15) is 11.6 Å². The van der Waals surface area contributed by atoms with Crippen LogP contribution in [0.1, 0.15) is 42.8 Å². The van der Waals surface area contributed by atoms with E-state index in [0.717, 1.165) is 58.7 Å². The molecular weight excluding hydrogens is 469 g/mol. The number of H-pyrrole nitrogens is 1. The number of morpholine rings is 1. The van der Waals surface area contributed by atoms with Crippen molar-refractivity contribution >= 4 is 6.08 Å². The third-order valence-electron chi connectivity index (χ3n) is 6.81. The zero-order valence-corrected chi connectivity index (χ0v) is 22.4. The number of benzene rings is 1. The van der Waals surface area contributed by atoms with E-state index < -0.39 is 0 Å². The molecule has 1 saturated heterocycles. The zero-order chi connectivity index (χ0) is 26.5. The number of methoxy groups -OCH3 is 1. The summed E-state index contributed by atoms with van der Waals surface area (Å²) in [6.45, 7) is 10.8. The number of rotatable bonds is 8. The zero-order valence-electron chi connectivity index (χ0n) is 22.4. The Hall–Kier alpha value is -3.58. The maximum atomic E-state index is 15.0. The highest BCUT2D eigenvalue weighted by Crippen LogP contribution is 2.30. The number of hydrogen-bond acceptors (Lipinski definition) is 4. The van der Waals surface area contributed by atoms with Crippen LogP contribution in [0, 0.1) is 19.7 Å². The molecule has 3 heterocycles. The number of halogens is 1. The molecule has 0 radical (unpaired) electrons. The molecule has 0 amide bonds. The minimum atomic E-state index is -0.335. The highest BCUT2D eigenvalue weighted by molar-refractivity contribution is 5.70. The van der Waals surface area contributed by atoms with Gasteiger partial charge >= 0.3 is 0 Å². The van der Waals surface area contributed by atoms with E-state index in [2.05, 4.69) is 40.7 Å². The molecule has 0 unspecified atom stereocenters. The molecule has 1 N–H and O–H groups in total. The van der Waals surface area contributed by atoms with Gasteiger partial charge in [-0.1, -0.05) is 18.6 Å². The summed E-state index contributed by atoms with van der Waals surface area (Å²) in [6, 6.07) is 8.94. The highest BCUT2D eigenvalue weighted by Gasteiger charge is 2.18. The van der Waals surface area contributed by atoms with Gasteiger partial charge in [-0.3, -0.25) is 9.47 Å². The molecule has 0 bridgehead atoms. The number of aryl methyl sites for hydroxylation is 2. The van der Waals surface area contributed by atoms with Gasteiger partial charge in [0.15, 0.2) is 0 Å². The first kappa shape index (κ1) is 26.5. The Morgan fingerprint density at radius 3 is 2.59 bits per heavy atom. The second-order valence-electron chi connectivity index (χ2n) is 9.49. The average molecular weight is 506 g/mol. The Morgan fingerprint density at radius 1 is 1.19 bits per heavy atom. The van der Waals surface area contributed by atoms with Gasteiger partial charge in [0, 0.05) is 41.1 Å². The molecule has 3 aromatic rings. The second-order valence-corrected chi connectivity index (χ2v) is 9.49. The van der Waals surface area contributed by atoms with Gasteiger partial charge in [-0.2, -0.15) is 0 Å². The Morgan fingerprint density at radius 2 is 1.95 bits per heavy atom. The molecule has 6 nitrogen and oxygen atoms in total. The Bertz CT molecular complexity index is 1380. The van der Waals surface area contributed by atoms with E-state index in [1.54, 1.807) is 12.1 Å². The summed E-state index contributed by atoms with van der Waals surface area (Å²) < 4.78 is 27.9. The SMILES string of the molecule is CC/C=C(C)/C(=C\c1cc(-c2ccc(OC)cc2F)cn1N1CCOCC1)Cc1c(C)cc(C)[nH]c1=O. The summed E-state index contributed by atoms with van der Waals surface area (Å²) in [6.07, 6.45) is 7.67. The van der Waals surface area contributed by atoms with Gasteiger partial charge in [0.2, 0.25) is 0 Å². The average Bonchev–Trinajstić information content (AvgIpc) is 3.29. The van der Waals surface area contributed by atoms with Crippen molar-refractivity contribution in [2.75, 3.05) is 38.4 Å². The molecule has 37 heavy (non-hydrogen) atoms. The maximum absolute atomic E-state index is 15.0.